The molecule has 0 fully saturated rings. The number of hydrogen-bond donors (Lipinski definition) is 0. The van der Waals surface area contributed by atoms with E-state index in [4.69, 9.17) is 0 Å². The topological polar surface area (TPSA) is 60.7 Å². The van der Waals surface area contributed by atoms with E-state index >= 15 is 0 Å². The highest BCUT2D eigenvalue weighted by atomic mass is 16.1. The lowest BCUT2D eigenvalue weighted by Crippen LogP contribution is -2.05. The summed E-state index contributed by atoms with van der Waals surface area (Å²) in [6.07, 6.45) is 0.828. The van der Waals surface area contributed by atoms with Crippen molar-refractivity contribution in [1.82, 2.24) is 19.7 Å². The van der Waals surface area contributed by atoms with Crippen LogP contribution in [0.1, 0.15) is 33.3 Å². The molecule has 0 aromatic carbocycles. The lowest BCUT2D eigenvalue weighted by atomic mass is 10.2. The van der Waals surface area contributed by atoms with Gasteiger partial charge in [-0.3, -0.25) is 4.79 Å². The maximum absolute atomic E-state index is 10.9. The molecule has 0 bridgehead atoms. The molecular formula is C12H14N4O. The van der Waals surface area contributed by atoms with E-state index in [0.29, 0.717) is 22.9 Å². The summed E-state index contributed by atoms with van der Waals surface area (Å²) in [5, 5.41) is 4.33. The van der Waals surface area contributed by atoms with Gasteiger partial charge in [-0.2, -0.15) is 5.10 Å². The van der Waals surface area contributed by atoms with Crippen LogP contribution in [0, 0.1) is 27.7 Å². The average molecular weight is 230 g/mol. The summed E-state index contributed by atoms with van der Waals surface area (Å²) in [5.41, 5.74) is 3.02. The van der Waals surface area contributed by atoms with Gasteiger partial charge < -0.3 is 0 Å². The zero-order chi connectivity index (χ0) is 12.6. The first-order chi connectivity index (χ1) is 8.02. The smallest absolute Gasteiger partial charge is 0.157 e. The van der Waals surface area contributed by atoms with Crippen molar-refractivity contribution in [1.29, 1.82) is 0 Å². The minimum absolute atomic E-state index is 0.624. The summed E-state index contributed by atoms with van der Waals surface area (Å²) in [4.78, 5) is 19.5. The highest BCUT2D eigenvalue weighted by Gasteiger charge is 2.13. The second-order valence-electron chi connectivity index (χ2n) is 4.03. The minimum atomic E-state index is 0.624. The van der Waals surface area contributed by atoms with Crippen LogP contribution in [0.25, 0.3) is 5.82 Å². The number of nitrogens with zero attached hydrogens (tertiary/aromatic N) is 4. The first kappa shape index (κ1) is 11.4. The Labute approximate surface area is 99.5 Å². The van der Waals surface area contributed by atoms with E-state index in [9.17, 15) is 4.79 Å². The second-order valence-corrected chi connectivity index (χ2v) is 4.03. The summed E-state index contributed by atoms with van der Waals surface area (Å²) in [7, 11) is 0. The molecule has 0 radical (unpaired) electrons. The molecule has 0 amide bonds. The molecule has 2 aromatic heterocycles. The van der Waals surface area contributed by atoms with E-state index in [0.717, 1.165) is 17.7 Å². The number of rotatable bonds is 2. The summed E-state index contributed by atoms with van der Waals surface area (Å²) in [6.45, 7) is 7.41. The van der Waals surface area contributed by atoms with Gasteiger partial charge in [0.1, 0.15) is 5.82 Å². The van der Waals surface area contributed by atoms with Crippen LogP contribution >= 0.6 is 0 Å². The van der Waals surface area contributed by atoms with Crippen LogP contribution in [-0.4, -0.2) is 26.0 Å². The predicted octanol–water partition coefficient (Wildman–Crippen LogP) is 1.71. The van der Waals surface area contributed by atoms with Crippen LogP contribution in [0.5, 0.6) is 0 Å². The van der Waals surface area contributed by atoms with Gasteiger partial charge in [0.05, 0.1) is 17.0 Å². The fourth-order valence-corrected chi connectivity index (χ4v) is 1.85. The van der Waals surface area contributed by atoms with Crippen molar-refractivity contribution in [2.24, 2.45) is 0 Å². The Morgan fingerprint density at radius 3 is 2.41 bits per heavy atom. The highest BCUT2D eigenvalue weighted by Crippen LogP contribution is 2.15. The van der Waals surface area contributed by atoms with Crippen LogP contribution < -0.4 is 0 Å². The first-order valence-electron chi connectivity index (χ1n) is 5.37. The van der Waals surface area contributed by atoms with Gasteiger partial charge in [0.2, 0.25) is 0 Å². The highest BCUT2D eigenvalue weighted by molar-refractivity contribution is 5.78. The molecule has 0 aliphatic heterocycles. The number of hydrogen-bond acceptors (Lipinski definition) is 4. The number of aromatic nitrogens is 4. The number of aryl methyl sites for hydroxylation is 3. The Morgan fingerprint density at radius 1 is 1.18 bits per heavy atom. The molecule has 5 heteroatoms. The minimum Gasteiger partial charge on any atom is -0.298 e. The van der Waals surface area contributed by atoms with Gasteiger partial charge in [0.15, 0.2) is 12.1 Å². The maximum atomic E-state index is 10.9. The summed E-state index contributed by atoms with van der Waals surface area (Å²) < 4.78 is 1.68. The third-order valence-corrected chi connectivity index (χ3v) is 2.63. The summed E-state index contributed by atoms with van der Waals surface area (Å²) >= 11 is 0. The molecule has 2 heterocycles. The maximum Gasteiger partial charge on any atom is 0.157 e. The van der Waals surface area contributed by atoms with Gasteiger partial charge >= 0.3 is 0 Å². The monoisotopic (exact) mass is 230 g/mol. The predicted molar refractivity (Wildman–Crippen MR) is 63.5 cm³/mol. The Hall–Kier alpha value is -2.04. The molecule has 0 saturated carbocycles. The molecule has 17 heavy (non-hydrogen) atoms. The van der Waals surface area contributed by atoms with Crippen molar-refractivity contribution >= 4 is 6.29 Å². The van der Waals surface area contributed by atoms with Crippen molar-refractivity contribution in [2.45, 2.75) is 27.7 Å². The second kappa shape index (κ2) is 4.08. The number of aldehydes is 1. The van der Waals surface area contributed by atoms with Crippen molar-refractivity contribution in [3.8, 4) is 5.82 Å². The SMILES string of the molecule is Cc1cc(-n2nc(C)c(C=O)c2C)nc(C)n1. The third-order valence-electron chi connectivity index (χ3n) is 2.63. The Kier molecular flexibility index (Phi) is 2.75. The fourth-order valence-electron chi connectivity index (χ4n) is 1.85. The van der Waals surface area contributed by atoms with E-state index in [-0.39, 0.29) is 0 Å². The lowest BCUT2D eigenvalue weighted by molar-refractivity contribution is 0.112. The van der Waals surface area contributed by atoms with Crippen molar-refractivity contribution in [3.63, 3.8) is 0 Å². The van der Waals surface area contributed by atoms with Crippen LogP contribution in [-0.2, 0) is 0 Å². The molecule has 0 saturated heterocycles. The van der Waals surface area contributed by atoms with Crippen molar-refractivity contribution in [3.05, 3.63) is 34.5 Å². The fraction of sp³-hybridized carbons (Fsp3) is 0.333. The molecule has 88 valence electrons. The Bertz CT molecular complexity index is 566. The summed E-state index contributed by atoms with van der Waals surface area (Å²) in [6, 6.07) is 1.85. The van der Waals surface area contributed by atoms with Crippen molar-refractivity contribution in [2.75, 3.05) is 0 Å². The normalized spacial score (nSPS) is 10.6. The molecule has 0 spiro atoms. The molecule has 5 nitrogen and oxygen atoms in total. The molecule has 2 aromatic rings. The lowest BCUT2D eigenvalue weighted by Gasteiger charge is -2.05. The van der Waals surface area contributed by atoms with Gasteiger partial charge in [-0.05, 0) is 27.7 Å². The van der Waals surface area contributed by atoms with E-state index in [1.807, 2.05) is 33.8 Å². The summed E-state index contributed by atoms with van der Waals surface area (Å²) in [5.74, 6) is 1.39. The van der Waals surface area contributed by atoms with E-state index in [2.05, 4.69) is 15.1 Å². The molecule has 0 unspecified atom stereocenters. The zero-order valence-corrected chi connectivity index (χ0v) is 10.4. The van der Waals surface area contributed by atoms with Crippen LogP contribution in [0.3, 0.4) is 0 Å². The molecule has 0 aliphatic rings. The zero-order valence-electron chi connectivity index (χ0n) is 10.4. The number of carbonyl (C=O) groups excluding carboxylic acids is 1. The molecule has 2 rings (SSSR count). The van der Waals surface area contributed by atoms with Crippen LogP contribution in [0.2, 0.25) is 0 Å². The quantitative estimate of drug-likeness (QED) is 0.737. The van der Waals surface area contributed by atoms with E-state index in [1.54, 1.807) is 4.68 Å². The Morgan fingerprint density at radius 2 is 1.88 bits per heavy atom. The molecular weight excluding hydrogens is 216 g/mol. The van der Waals surface area contributed by atoms with E-state index in [1.165, 1.54) is 0 Å². The number of carbonyl (C=O) groups is 1. The first-order valence-corrected chi connectivity index (χ1v) is 5.37. The van der Waals surface area contributed by atoms with Gasteiger partial charge in [0.25, 0.3) is 0 Å². The molecule has 0 N–H and O–H groups in total. The third kappa shape index (κ3) is 1.95. The van der Waals surface area contributed by atoms with Crippen LogP contribution in [0.4, 0.5) is 0 Å². The van der Waals surface area contributed by atoms with Gasteiger partial charge in [-0.15, -0.1) is 0 Å². The standard InChI is InChI=1S/C12H14N4O/c1-7-5-12(14-10(4)13-7)16-9(3)11(6-17)8(2)15-16/h5-6H,1-4H3. The molecule has 0 aliphatic carbocycles. The van der Waals surface area contributed by atoms with Crippen LogP contribution in [0.15, 0.2) is 6.07 Å². The average Bonchev–Trinajstić information content (AvgIpc) is 2.52. The van der Waals surface area contributed by atoms with Gasteiger partial charge in [0, 0.05) is 11.8 Å². The van der Waals surface area contributed by atoms with Crippen molar-refractivity contribution < 1.29 is 4.79 Å². The largest absolute Gasteiger partial charge is 0.298 e. The van der Waals surface area contributed by atoms with Gasteiger partial charge in [-0.25, -0.2) is 14.6 Å². The Balaban J connectivity index is 2.64. The van der Waals surface area contributed by atoms with E-state index < -0.39 is 0 Å². The van der Waals surface area contributed by atoms with Gasteiger partial charge in [-0.1, -0.05) is 0 Å². The molecule has 0 atom stereocenters.